The lowest BCUT2D eigenvalue weighted by Crippen LogP contribution is -2.39. The van der Waals surface area contributed by atoms with Gasteiger partial charge in [0.25, 0.3) is 6.43 Å². The van der Waals surface area contributed by atoms with E-state index in [1.807, 2.05) is 5.32 Å². The van der Waals surface area contributed by atoms with Gasteiger partial charge in [0.05, 0.1) is 23.2 Å². The minimum absolute atomic E-state index is 0.0101. The van der Waals surface area contributed by atoms with Crippen LogP contribution in [0.15, 0.2) is 29.2 Å². The second kappa shape index (κ2) is 7.35. The van der Waals surface area contributed by atoms with Gasteiger partial charge in [0.15, 0.2) is 9.84 Å². The smallest absolute Gasteiger partial charge is 0.315 e. The van der Waals surface area contributed by atoms with E-state index in [2.05, 4.69) is 5.32 Å². The number of sulfone groups is 1. The first kappa shape index (κ1) is 17.4. The number of hydrogen-bond donors (Lipinski definition) is 2. The molecule has 0 fully saturated rings. The van der Waals surface area contributed by atoms with E-state index in [1.165, 1.54) is 12.1 Å². The van der Waals surface area contributed by atoms with Gasteiger partial charge >= 0.3 is 6.03 Å². The average Bonchev–Trinajstić information content (AvgIpc) is 2.45. The Labute approximate surface area is 122 Å². The first-order valence-corrected chi connectivity index (χ1v) is 8.06. The second-order valence-corrected chi connectivity index (χ2v) is 6.72. The summed E-state index contributed by atoms with van der Waals surface area (Å²) >= 11 is 0. The molecule has 0 bridgehead atoms. The van der Waals surface area contributed by atoms with Gasteiger partial charge in [-0.3, -0.25) is 0 Å². The second-order valence-electron chi connectivity index (χ2n) is 4.44. The summed E-state index contributed by atoms with van der Waals surface area (Å²) in [6, 6.07) is 4.96. The minimum Gasteiger partial charge on any atom is -0.332 e. The molecule has 0 saturated heterocycles. The Morgan fingerprint density at radius 2 is 1.81 bits per heavy atom. The molecule has 1 rings (SSSR count). The molecule has 5 nitrogen and oxygen atoms in total. The molecule has 0 radical (unpaired) electrons. The molecule has 1 aromatic carbocycles. The molecule has 8 heteroatoms. The summed E-state index contributed by atoms with van der Waals surface area (Å²) in [7, 11) is -3.26. The van der Waals surface area contributed by atoms with Crippen molar-refractivity contribution < 1.29 is 22.0 Å². The lowest BCUT2D eigenvalue weighted by atomic mass is 10.1. The van der Waals surface area contributed by atoms with Crippen molar-refractivity contribution in [3.63, 3.8) is 0 Å². The van der Waals surface area contributed by atoms with E-state index in [1.54, 1.807) is 26.0 Å². The number of rotatable bonds is 6. The maximum atomic E-state index is 11.9. The molecule has 2 N–H and O–H groups in total. The van der Waals surface area contributed by atoms with Crippen LogP contribution in [0.25, 0.3) is 0 Å². The number of carbonyl (C=O) groups is 1. The Kier molecular flexibility index (Phi) is 6.07. The van der Waals surface area contributed by atoms with Gasteiger partial charge in [-0.05, 0) is 24.6 Å². The molecule has 118 valence electrons. The van der Waals surface area contributed by atoms with Crippen molar-refractivity contribution >= 4 is 15.9 Å². The molecule has 0 saturated carbocycles. The van der Waals surface area contributed by atoms with Gasteiger partial charge in [0.1, 0.15) is 0 Å². The van der Waals surface area contributed by atoms with Crippen LogP contribution in [0.1, 0.15) is 25.5 Å². The predicted molar refractivity (Wildman–Crippen MR) is 75.1 cm³/mol. The highest BCUT2D eigenvalue weighted by Gasteiger charge is 2.14. The summed E-state index contributed by atoms with van der Waals surface area (Å²) in [4.78, 5) is 11.6. The first-order valence-electron chi connectivity index (χ1n) is 6.41. The topological polar surface area (TPSA) is 75.3 Å². The number of urea groups is 1. The summed E-state index contributed by atoms with van der Waals surface area (Å²) in [6.45, 7) is 2.51. The molecular formula is C13H18F2N2O3S. The molecule has 0 aliphatic carbocycles. The monoisotopic (exact) mass is 320 g/mol. The van der Waals surface area contributed by atoms with Crippen LogP contribution in [0.2, 0.25) is 0 Å². The highest BCUT2D eigenvalue weighted by atomic mass is 32.2. The fourth-order valence-electron chi connectivity index (χ4n) is 1.63. The molecule has 1 atom stereocenters. The van der Waals surface area contributed by atoms with Crippen LogP contribution in [0.3, 0.4) is 0 Å². The number of carbonyl (C=O) groups excluding carboxylic acids is 1. The van der Waals surface area contributed by atoms with Crippen LogP contribution in [0, 0.1) is 0 Å². The van der Waals surface area contributed by atoms with Crippen molar-refractivity contribution in [3.05, 3.63) is 29.8 Å². The summed E-state index contributed by atoms with van der Waals surface area (Å²) in [6.07, 6.45) is -2.61. The third kappa shape index (κ3) is 5.30. The maximum absolute atomic E-state index is 11.9. The normalized spacial score (nSPS) is 13.0. The largest absolute Gasteiger partial charge is 0.332 e. The molecule has 1 aromatic rings. The fourth-order valence-corrected chi connectivity index (χ4v) is 2.52. The van der Waals surface area contributed by atoms with E-state index < -0.39 is 34.9 Å². The SMILES string of the molecule is CCS(=O)(=O)c1ccc([C@H](C)NC(=O)NCC(F)F)cc1. The lowest BCUT2D eigenvalue weighted by molar-refractivity contribution is 0.146. The molecule has 21 heavy (non-hydrogen) atoms. The van der Waals surface area contributed by atoms with Crippen molar-refractivity contribution in [1.82, 2.24) is 10.6 Å². The Morgan fingerprint density at radius 1 is 1.24 bits per heavy atom. The maximum Gasteiger partial charge on any atom is 0.315 e. The molecule has 2 amide bonds. The fraction of sp³-hybridized carbons (Fsp3) is 0.462. The zero-order valence-corrected chi connectivity index (χ0v) is 12.6. The van der Waals surface area contributed by atoms with Crippen LogP contribution in [-0.2, 0) is 9.84 Å². The van der Waals surface area contributed by atoms with E-state index in [9.17, 15) is 22.0 Å². The van der Waals surface area contributed by atoms with Crippen molar-refractivity contribution in [3.8, 4) is 0 Å². The van der Waals surface area contributed by atoms with Gasteiger partial charge in [-0.25, -0.2) is 22.0 Å². The van der Waals surface area contributed by atoms with Crippen LogP contribution in [0.5, 0.6) is 0 Å². The van der Waals surface area contributed by atoms with Gasteiger partial charge in [0.2, 0.25) is 0 Å². The third-order valence-electron chi connectivity index (χ3n) is 2.88. The van der Waals surface area contributed by atoms with E-state index in [-0.39, 0.29) is 10.6 Å². The van der Waals surface area contributed by atoms with Crippen LogP contribution >= 0.6 is 0 Å². The molecule has 0 spiro atoms. The molecule has 0 unspecified atom stereocenters. The zero-order valence-electron chi connectivity index (χ0n) is 11.8. The predicted octanol–water partition coefficient (Wildman–Crippen LogP) is 2.11. The van der Waals surface area contributed by atoms with Gasteiger partial charge in [-0.1, -0.05) is 19.1 Å². The summed E-state index contributed by atoms with van der Waals surface area (Å²) in [5.74, 6) is 0.0101. The molecule has 0 aromatic heterocycles. The zero-order chi connectivity index (χ0) is 16.0. The molecular weight excluding hydrogens is 302 g/mol. The Balaban J connectivity index is 2.67. The number of nitrogens with one attached hydrogen (secondary N) is 2. The average molecular weight is 320 g/mol. The Hall–Kier alpha value is -1.70. The number of amides is 2. The standard InChI is InChI=1S/C13H18F2N2O3S/c1-3-21(19,20)11-6-4-10(5-7-11)9(2)17-13(18)16-8-12(14)15/h4-7,9,12H,3,8H2,1-2H3,(H2,16,17,18)/t9-/m0/s1. The lowest BCUT2D eigenvalue weighted by Gasteiger charge is -2.15. The quantitative estimate of drug-likeness (QED) is 0.843. The third-order valence-corrected chi connectivity index (χ3v) is 4.63. The minimum atomic E-state index is -3.26. The number of halogens is 2. The van der Waals surface area contributed by atoms with E-state index in [0.29, 0.717) is 5.56 Å². The first-order chi connectivity index (χ1) is 9.76. The number of alkyl halides is 2. The highest BCUT2D eigenvalue weighted by molar-refractivity contribution is 7.91. The molecule has 0 aliphatic heterocycles. The highest BCUT2D eigenvalue weighted by Crippen LogP contribution is 2.17. The van der Waals surface area contributed by atoms with Crippen molar-refractivity contribution in [2.75, 3.05) is 12.3 Å². The van der Waals surface area contributed by atoms with Gasteiger partial charge in [-0.2, -0.15) is 0 Å². The Morgan fingerprint density at radius 3 is 2.29 bits per heavy atom. The van der Waals surface area contributed by atoms with Crippen molar-refractivity contribution in [2.45, 2.75) is 31.2 Å². The van der Waals surface area contributed by atoms with Crippen LogP contribution < -0.4 is 10.6 Å². The van der Waals surface area contributed by atoms with Crippen LogP contribution in [-0.4, -0.2) is 33.2 Å². The van der Waals surface area contributed by atoms with Gasteiger partial charge < -0.3 is 10.6 Å². The van der Waals surface area contributed by atoms with E-state index >= 15 is 0 Å². The molecule has 0 heterocycles. The van der Waals surface area contributed by atoms with Crippen molar-refractivity contribution in [1.29, 1.82) is 0 Å². The number of hydrogen-bond acceptors (Lipinski definition) is 3. The van der Waals surface area contributed by atoms with E-state index in [0.717, 1.165) is 0 Å². The van der Waals surface area contributed by atoms with Gasteiger partial charge in [-0.15, -0.1) is 0 Å². The van der Waals surface area contributed by atoms with Gasteiger partial charge in [0, 0.05) is 0 Å². The summed E-state index contributed by atoms with van der Waals surface area (Å²) < 4.78 is 47.2. The molecule has 0 aliphatic rings. The van der Waals surface area contributed by atoms with E-state index in [4.69, 9.17) is 0 Å². The Bertz CT molecular complexity index is 574. The van der Waals surface area contributed by atoms with Crippen molar-refractivity contribution in [2.24, 2.45) is 0 Å². The van der Waals surface area contributed by atoms with Crippen LogP contribution in [0.4, 0.5) is 13.6 Å². The number of benzene rings is 1. The summed E-state index contributed by atoms with van der Waals surface area (Å²) in [5.41, 5.74) is 0.678. The summed E-state index contributed by atoms with van der Waals surface area (Å²) in [5, 5.41) is 4.52.